The molecular weight excluding hydrogens is 258 g/mol. The second-order valence-electron chi connectivity index (χ2n) is 5.43. The molecule has 0 fully saturated rings. The lowest BCUT2D eigenvalue weighted by Crippen LogP contribution is -2.19. The highest BCUT2D eigenvalue weighted by Crippen LogP contribution is 2.30. The normalized spacial score (nSPS) is 13.4. The first-order chi connectivity index (χ1) is 10.4. The predicted octanol–water partition coefficient (Wildman–Crippen LogP) is 3.37. The molecule has 3 aromatic rings. The number of hydrogen-bond donors (Lipinski definition) is 0. The Labute approximate surface area is 123 Å². The average Bonchev–Trinajstić information content (AvgIpc) is 3.09. The lowest BCUT2D eigenvalue weighted by atomic mass is 10.1. The molecule has 0 spiro atoms. The maximum Gasteiger partial charge on any atom is 0.102 e. The van der Waals surface area contributed by atoms with Crippen molar-refractivity contribution in [2.45, 2.75) is 13.0 Å². The summed E-state index contributed by atoms with van der Waals surface area (Å²) in [6.45, 7) is 1.82. The summed E-state index contributed by atoms with van der Waals surface area (Å²) in [7, 11) is 0. The maximum absolute atomic E-state index is 9.49. The Bertz CT molecular complexity index is 854. The standard InChI is InChI=1S/C18H15N3/c19-11-16-15(12-20-9-4-3-7-18(16)20)13-21-10-8-14-5-1-2-6-17(14)21/h1-7,9,12H,8,10,13H2. The van der Waals surface area contributed by atoms with Gasteiger partial charge in [-0.2, -0.15) is 5.26 Å². The van der Waals surface area contributed by atoms with E-state index in [1.807, 2.05) is 28.8 Å². The lowest BCUT2D eigenvalue weighted by molar-refractivity contribution is 0.834. The Hall–Kier alpha value is -2.73. The molecule has 1 aromatic carbocycles. The zero-order valence-corrected chi connectivity index (χ0v) is 11.7. The van der Waals surface area contributed by atoms with E-state index in [-0.39, 0.29) is 0 Å². The number of hydrogen-bond acceptors (Lipinski definition) is 2. The highest BCUT2D eigenvalue weighted by atomic mass is 15.1. The fourth-order valence-corrected chi connectivity index (χ4v) is 3.20. The molecule has 0 amide bonds. The molecule has 3 nitrogen and oxygen atoms in total. The Morgan fingerprint density at radius 1 is 1.10 bits per heavy atom. The van der Waals surface area contributed by atoms with Crippen LogP contribution in [0.15, 0.2) is 54.9 Å². The highest BCUT2D eigenvalue weighted by molar-refractivity contribution is 5.66. The van der Waals surface area contributed by atoms with Gasteiger partial charge in [-0.15, -0.1) is 0 Å². The third-order valence-electron chi connectivity index (χ3n) is 4.22. The minimum atomic E-state index is 0.792. The van der Waals surface area contributed by atoms with Crippen molar-refractivity contribution in [3.8, 4) is 6.07 Å². The quantitative estimate of drug-likeness (QED) is 0.717. The van der Waals surface area contributed by atoms with Crippen molar-refractivity contribution < 1.29 is 0 Å². The van der Waals surface area contributed by atoms with Crippen LogP contribution < -0.4 is 4.90 Å². The van der Waals surface area contributed by atoms with Crippen LogP contribution in [0.1, 0.15) is 16.7 Å². The van der Waals surface area contributed by atoms with Gasteiger partial charge in [0.1, 0.15) is 6.07 Å². The van der Waals surface area contributed by atoms with Gasteiger partial charge in [0.05, 0.1) is 11.1 Å². The van der Waals surface area contributed by atoms with Crippen molar-refractivity contribution in [1.29, 1.82) is 5.26 Å². The van der Waals surface area contributed by atoms with Gasteiger partial charge in [-0.1, -0.05) is 24.3 Å². The summed E-state index contributed by atoms with van der Waals surface area (Å²) in [5, 5.41) is 9.49. The molecule has 0 saturated carbocycles. The van der Waals surface area contributed by atoms with Crippen LogP contribution in [0, 0.1) is 11.3 Å². The Balaban J connectivity index is 1.74. The van der Waals surface area contributed by atoms with Crippen LogP contribution in [0.25, 0.3) is 5.52 Å². The van der Waals surface area contributed by atoms with Crippen LogP contribution in [0.5, 0.6) is 0 Å². The topological polar surface area (TPSA) is 31.4 Å². The molecule has 0 aliphatic carbocycles. The molecule has 4 rings (SSSR count). The van der Waals surface area contributed by atoms with Crippen molar-refractivity contribution >= 4 is 11.2 Å². The Morgan fingerprint density at radius 2 is 1.95 bits per heavy atom. The fraction of sp³-hybridized carbons (Fsp3) is 0.167. The summed E-state index contributed by atoms with van der Waals surface area (Å²) in [4.78, 5) is 2.37. The van der Waals surface area contributed by atoms with E-state index in [9.17, 15) is 5.26 Å². The summed E-state index contributed by atoms with van der Waals surface area (Å²) in [6, 6.07) is 16.9. The lowest BCUT2D eigenvalue weighted by Gasteiger charge is -2.18. The van der Waals surface area contributed by atoms with Gasteiger partial charge in [-0.25, -0.2) is 0 Å². The molecule has 0 radical (unpaired) electrons. The number of aromatic nitrogens is 1. The summed E-state index contributed by atoms with van der Waals surface area (Å²) >= 11 is 0. The largest absolute Gasteiger partial charge is 0.367 e. The van der Waals surface area contributed by atoms with Gasteiger partial charge in [-0.05, 0) is 30.2 Å². The van der Waals surface area contributed by atoms with Crippen LogP contribution in [0.4, 0.5) is 5.69 Å². The molecule has 2 aromatic heterocycles. The zero-order chi connectivity index (χ0) is 14.2. The van der Waals surface area contributed by atoms with E-state index in [0.717, 1.165) is 36.2 Å². The number of para-hydroxylation sites is 1. The number of rotatable bonds is 2. The monoisotopic (exact) mass is 273 g/mol. The fourth-order valence-electron chi connectivity index (χ4n) is 3.20. The zero-order valence-electron chi connectivity index (χ0n) is 11.7. The first kappa shape index (κ1) is 12.0. The van der Waals surface area contributed by atoms with Crippen molar-refractivity contribution in [2.75, 3.05) is 11.4 Å². The van der Waals surface area contributed by atoms with E-state index in [4.69, 9.17) is 0 Å². The summed E-state index contributed by atoms with van der Waals surface area (Å²) in [5.74, 6) is 0. The summed E-state index contributed by atoms with van der Waals surface area (Å²) in [6.07, 6.45) is 5.16. The SMILES string of the molecule is N#Cc1c(CN2CCc3ccccc32)cn2ccccc12. The minimum absolute atomic E-state index is 0.792. The Morgan fingerprint density at radius 3 is 2.86 bits per heavy atom. The number of fused-ring (bicyclic) bond motifs is 2. The minimum Gasteiger partial charge on any atom is -0.367 e. The van der Waals surface area contributed by atoms with Crippen LogP contribution >= 0.6 is 0 Å². The molecule has 0 N–H and O–H groups in total. The van der Waals surface area contributed by atoms with Gasteiger partial charge in [0, 0.05) is 36.7 Å². The molecule has 21 heavy (non-hydrogen) atoms. The second kappa shape index (κ2) is 4.68. The molecule has 3 heteroatoms. The number of nitriles is 1. The number of anilines is 1. The van der Waals surface area contributed by atoms with Crippen molar-refractivity contribution in [3.63, 3.8) is 0 Å². The first-order valence-corrected chi connectivity index (χ1v) is 7.18. The second-order valence-corrected chi connectivity index (χ2v) is 5.43. The van der Waals surface area contributed by atoms with Gasteiger partial charge in [0.25, 0.3) is 0 Å². The molecule has 0 saturated heterocycles. The van der Waals surface area contributed by atoms with Gasteiger partial charge in [-0.3, -0.25) is 0 Å². The van der Waals surface area contributed by atoms with Crippen LogP contribution in [-0.4, -0.2) is 10.9 Å². The van der Waals surface area contributed by atoms with Gasteiger partial charge in [0.2, 0.25) is 0 Å². The van der Waals surface area contributed by atoms with Crippen molar-refractivity contribution in [3.05, 3.63) is 71.5 Å². The van der Waals surface area contributed by atoms with Gasteiger partial charge < -0.3 is 9.30 Å². The summed E-state index contributed by atoms with van der Waals surface area (Å²) in [5.41, 5.74) is 5.58. The molecule has 0 unspecified atom stereocenters. The smallest absolute Gasteiger partial charge is 0.102 e. The van der Waals surface area contributed by atoms with Crippen LogP contribution in [-0.2, 0) is 13.0 Å². The van der Waals surface area contributed by atoms with Crippen molar-refractivity contribution in [1.82, 2.24) is 4.40 Å². The highest BCUT2D eigenvalue weighted by Gasteiger charge is 2.20. The third kappa shape index (κ3) is 1.88. The van der Waals surface area contributed by atoms with Crippen LogP contribution in [0.3, 0.4) is 0 Å². The maximum atomic E-state index is 9.49. The molecule has 1 aliphatic rings. The van der Waals surface area contributed by atoms with Crippen LogP contribution in [0.2, 0.25) is 0 Å². The van der Waals surface area contributed by atoms with E-state index < -0.39 is 0 Å². The van der Waals surface area contributed by atoms with Crippen molar-refractivity contribution in [2.24, 2.45) is 0 Å². The van der Waals surface area contributed by atoms with E-state index >= 15 is 0 Å². The predicted molar refractivity (Wildman–Crippen MR) is 83.3 cm³/mol. The average molecular weight is 273 g/mol. The van der Waals surface area contributed by atoms with Gasteiger partial charge in [0.15, 0.2) is 0 Å². The molecule has 0 atom stereocenters. The van der Waals surface area contributed by atoms with E-state index in [0.29, 0.717) is 0 Å². The molecular formula is C18H15N3. The van der Waals surface area contributed by atoms with Gasteiger partial charge >= 0.3 is 0 Å². The molecule has 1 aliphatic heterocycles. The molecule has 102 valence electrons. The van der Waals surface area contributed by atoms with E-state index in [1.54, 1.807) is 0 Å². The number of nitrogens with zero attached hydrogens (tertiary/aromatic N) is 3. The van der Waals surface area contributed by atoms with E-state index in [2.05, 4.69) is 41.4 Å². The summed E-state index contributed by atoms with van der Waals surface area (Å²) < 4.78 is 2.04. The first-order valence-electron chi connectivity index (χ1n) is 7.18. The van der Waals surface area contributed by atoms with E-state index in [1.165, 1.54) is 11.3 Å². The third-order valence-corrected chi connectivity index (χ3v) is 4.22. The Kier molecular flexibility index (Phi) is 2.68. The molecule has 0 bridgehead atoms. The molecule has 3 heterocycles. The number of pyridine rings is 1. The number of benzene rings is 1.